The zero-order valence-electron chi connectivity index (χ0n) is 18.7. The van der Waals surface area contributed by atoms with Crippen molar-refractivity contribution in [2.45, 2.75) is 87.5 Å². The second-order valence-corrected chi connectivity index (χ2v) is 12.4. The fourth-order valence-corrected chi connectivity index (χ4v) is 6.73. The Hall–Kier alpha value is -1.74. The molecule has 0 aliphatic heterocycles. The number of nitrogens with one attached hydrogen (secondary N) is 1. The van der Waals surface area contributed by atoms with Crippen LogP contribution in [-0.4, -0.2) is 45.1 Å². The van der Waals surface area contributed by atoms with Crippen molar-refractivity contribution in [3.8, 4) is 5.88 Å². The van der Waals surface area contributed by atoms with Crippen LogP contribution in [0.2, 0.25) is 0 Å². The summed E-state index contributed by atoms with van der Waals surface area (Å²) in [6.45, 7) is 7.42. The summed E-state index contributed by atoms with van der Waals surface area (Å²) >= 11 is 1.43. The van der Waals surface area contributed by atoms with E-state index in [1.165, 1.54) is 11.8 Å². The molecular weight excluding hydrogens is 418 g/mol. The van der Waals surface area contributed by atoms with Crippen molar-refractivity contribution < 1.29 is 24.0 Å². The number of nitrogens with zero attached hydrogens (tertiary/aromatic N) is 1. The van der Waals surface area contributed by atoms with Gasteiger partial charge in [0.05, 0.1) is 11.0 Å². The maximum atomic E-state index is 13.3. The van der Waals surface area contributed by atoms with Gasteiger partial charge in [0.2, 0.25) is 11.7 Å². The van der Waals surface area contributed by atoms with Crippen LogP contribution >= 0.6 is 11.8 Å². The Labute approximate surface area is 187 Å². The summed E-state index contributed by atoms with van der Waals surface area (Å²) in [6, 6.07) is 0. The van der Waals surface area contributed by atoms with E-state index in [1.807, 2.05) is 13.8 Å². The highest BCUT2D eigenvalue weighted by Crippen LogP contribution is 2.57. The van der Waals surface area contributed by atoms with E-state index in [4.69, 9.17) is 15.0 Å². The summed E-state index contributed by atoms with van der Waals surface area (Å²) in [5, 5.41) is 18.3. The van der Waals surface area contributed by atoms with Crippen molar-refractivity contribution in [2.24, 2.45) is 23.0 Å². The van der Waals surface area contributed by atoms with Gasteiger partial charge >= 0.3 is 0 Å². The van der Waals surface area contributed by atoms with Crippen LogP contribution in [0.3, 0.4) is 0 Å². The summed E-state index contributed by atoms with van der Waals surface area (Å²) in [4.78, 5) is 25.4. The maximum Gasteiger partial charge on any atom is 0.291 e. The van der Waals surface area contributed by atoms with Gasteiger partial charge < -0.3 is 25.4 Å². The lowest BCUT2D eigenvalue weighted by Crippen LogP contribution is -2.65. The molecule has 4 aliphatic rings. The number of aromatic nitrogens is 1. The first-order chi connectivity index (χ1) is 14.4. The van der Waals surface area contributed by atoms with Gasteiger partial charge in [0.1, 0.15) is 11.5 Å². The van der Waals surface area contributed by atoms with Crippen molar-refractivity contribution in [1.82, 2.24) is 10.5 Å². The van der Waals surface area contributed by atoms with Gasteiger partial charge in [-0.25, -0.2) is 0 Å². The molecule has 0 saturated heterocycles. The van der Waals surface area contributed by atoms with E-state index < -0.39 is 22.5 Å². The van der Waals surface area contributed by atoms with E-state index in [0.717, 1.165) is 32.1 Å². The highest BCUT2D eigenvalue weighted by atomic mass is 32.2. The molecule has 4 bridgehead atoms. The van der Waals surface area contributed by atoms with Gasteiger partial charge in [0.15, 0.2) is 0 Å². The highest BCUT2D eigenvalue weighted by molar-refractivity contribution is 8.00. The Balaban J connectivity index is 1.54. The largest absolute Gasteiger partial charge is 0.474 e. The first-order valence-corrected chi connectivity index (χ1v) is 11.9. The molecule has 4 saturated carbocycles. The number of carbonyl (C=O) groups excluding carboxylic acids is 2. The monoisotopic (exact) mass is 451 g/mol. The molecule has 2 amide bonds. The van der Waals surface area contributed by atoms with Crippen molar-refractivity contribution in [1.29, 1.82) is 0 Å². The molecule has 1 heterocycles. The second-order valence-electron chi connectivity index (χ2n) is 10.8. The Morgan fingerprint density at radius 2 is 1.97 bits per heavy atom. The lowest BCUT2D eigenvalue weighted by atomic mass is 9.51. The topological polar surface area (TPSA) is 128 Å². The standard InChI is InChI=1S/C22H33N3O5S/c1-12(2)31-16-15(30-25-18(16)29-11-20(3,4)19(23)27)17(26)24-21-6-13-5-14(7-21)9-22(28,8-13)10-21/h12-14,28H,5-11H2,1-4H3,(H2,23,27)(H,24,26). The minimum absolute atomic E-state index is 0.0297. The average Bonchev–Trinajstić information content (AvgIpc) is 2.99. The number of thioether (sulfide) groups is 1. The number of aliphatic hydroxyl groups is 1. The lowest BCUT2D eigenvalue weighted by Gasteiger charge is -2.60. The van der Waals surface area contributed by atoms with E-state index in [-0.39, 0.29) is 29.4 Å². The molecule has 4 aliphatic carbocycles. The number of hydrogen-bond acceptors (Lipinski definition) is 7. The number of hydrogen-bond donors (Lipinski definition) is 3. The number of carbonyl (C=O) groups is 2. The van der Waals surface area contributed by atoms with Crippen molar-refractivity contribution in [2.75, 3.05) is 6.61 Å². The van der Waals surface area contributed by atoms with E-state index in [1.54, 1.807) is 13.8 Å². The van der Waals surface area contributed by atoms with Crippen LogP contribution in [0.1, 0.15) is 76.8 Å². The molecule has 4 fully saturated rings. The zero-order chi connectivity index (χ0) is 22.6. The first kappa shape index (κ1) is 22.5. The summed E-state index contributed by atoms with van der Waals surface area (Å²) in [5.74, 6) is 0.425. The van der Waals surface area contributed by atoms with Gasteiger partial charge in [-0.2, -0.15) is 0 Å². The van der Waals surface area contributed by atoms with Crippen LogP contribution in [-0.2, 0) is 4.79 Å². The molecule has 0 aromatic carbocycles. The predicted octanol–water partition coefficient (Wildman–Crippen LogP) is 2.88. The number of ether oxygens (including phenoxy) is 1. The normalized spacial score (nSPS) is 31.8. The average molecular weight is 452 g/mol. The molecule has 4 N–H and O–H groups in total. The molecule has 9 heteroatoms. The third-order valence-electron chi connectivity index (χ3n) is 6.83. The first-order valence-electron chi connectivity index (χ1n) is 11.0. The summed E-state index contributed by atoms with van der Waals surface area (Å²) in [7, 11) is 0. The number of nitrogens with two attached hydrogens (primary N) is 1. The fourth-order valence-electron chi connectivity index (χ4n) is 5.82. The van der Waals surface area contributed by atoms with Crippen molar-refractivity contribution in [3.63, 3.8) is 0 Å². The quantitative estimate of drug-likeness (QED) is 0.519. The van der Waals surface area contributed by atoms with Gasteiger partial charge in [0, 0.05) is 10.8 Å². The number of rotatable bonds is 8. The Bertz CT molecular complexity index is 866. The molecule has 2 atom stereocenters. The van der Waals surface area contributed by atoms with Crippen LogP contribution in [0.5, 0.6) is 5.88 Å². The van der Waals surface area contributed by atoms with Gasteiger partial charge in [-0.05, 0) is 69.4 Å². The number of primary amides is 1. The van der Waals surface area contributed by atoms with Crippen molar-refractivity contribution >= 4 is 23.6 Å². The molecule has 5 rings (SSSR count). The Kier molecular flexibility index (Phi) is 5.57. The molecule has 1 aromatic heterocycles. The third kappa shape index (κ3) is 4.44. The fraction of sp³-hybridized carbons (Fsp3) is 0.773. The molecule has 0 spiro atoms. The van der Waals surface area contributed by atoms with Crippen LogP contribution < -0.4 is 15.8 Å². The van der Waals surface area contributed by atoms with Gasteiger partial charge in [-0.3, -0.25) is 9.59 Å². The summed E-state index contributed by atoms with van der Waals surface area (Å²) in [6.07, 6.45) is 5.21. The number of amides is 2. The van der Waals surface area contributed by atoms with E-state index in [9.17, 15) is 14.7 Å². The van der Waals surface area contributed by atoms with Crippen molar-refractivity contribution in [3.05, 3.63) is 5.76 Å². The minimum Gasteiger partial charge on any atom is -0.474 e. The van der Waals surface area contributed by atoms with Gasteiger partial charge in [-0.1, -0.05) is 13.8 Å². The summed E-state index contributed by atoms with van der Waals surface area (Å²) < 4.78 is 11.2. The lowest BCUT2D eigenvalue weighted by molar-refractivity contribution is -0.139. The zero-order valence-corrected chi connectivity index (χ0v) is 19.5. The molecule has 8 nitrogen and oxygen atoms in total. The molecule has 0 radical (unpaired) electrons. The minimum atomic E-state index is -0.879. The molecular formula is C22H33N3O5S. The highest BCUT2D eigenvalue weighted by Gasteiger charge is 2.58. The van der Waals surface area contributed by atoms with Gasteiger partial charge in [0.25, 0.3) is 11.8 Å². The van der Waals surface area contributed by atoms with Crippen LogP contribution in [0.4, 0.5) is 0 Å². The second kappa shape index (κ2) is 7.69. The van der Waals surface area contributed by atoms with Crippen LogP contribution in [0, 0.1) is 17.3 Å². The predicted molar refractivity (Wildman–Crippen MR) is 116 cm³/mol. The van der Waals surface area contributed by atoms with Crippen LogP contribution in [0.25, 0.3) is 0 Å². The molecule has 172 valence electrons. The maximum absolute atomic E-state index is 13.3. The Morgan fingerprint density at radius 1 is 1.32 bits per heavy atom. The van der Waals surface area contributed by atoms with E-state index >= 15 is 0 Å². The smallest absolute Gasteiger partial charge is 0.291 e. The molecule has 2 unspecified atom stereocenters. The van der Waals surface area contributed by atoms with Gasteiger partial charge in [-0.15, -0.1) is 11.8 Å². The third-order valence-corrected chi connectivity index (χ3v) is 7.89. The Morgan fingerprint density at radius 3 is 2.52 bits per heavy atom. The van der Waals surface area contributed by atoms with E-state index in [2.05, 4.69) is 10.5 Å². The summed E-state index contributed by atoms with van der Waals surface area (Å²) in [5.41, 5.74) is 3.50. The molecule has 1 aromatic rings. The van der Waals surface area contributed by atoms with Crippen LogP contribution in [0.15, 0.2) is 9.42 Å². The van der Waals surface area contributed by atoms with E-state index in [0.29, 0.717) is 23.2 Å². The molecule has 31 heavy (non-hydrogen) atoms. The SMILES string of the molecule is CC(C)Sc1c(OCC(C)(C)C(N)=O)noc1C(=O)NC12CC3CC(CC(O)(C3)C1)C2.